The van der Waals surface area contributed by atoms with Gasteiger partial charge in [-0.15, -0.1) is 0 Å². The van der Waals surface area contributed by atoms with Crippen molar-refractivity contribution in [3.63, 3.8) is 0 Å². The third kappa shape index (κ3) is 1.88. The Balaban J connectivity index is 1.55. The van der Waals surface area contributed by atoms with Gasteiger partial charge in [0.15, 0.2) is 0 Å². The molecule has 1 amide bonds. The molecule has 3 heteroatoms. The summed E-state index contributed by atoms with van der Waals surface area (Å²) in [6.45, 7) is 4.25. The predicted octanol–water partition coefficient (Wildman–Crippen LogP) is 1.59. The van der Waals surface area contributed by atoms with Crippen molar-refractivity contribution < 1.29 is 4.79 Å². The molecule has 1 heterocycles. The maximum absolute atomic E-state index is 12.2. The standard InChI is InChI=1S/C14H24N2O/c1-10-6-12(10)13(17)16-5-4-14(9-16)7-11(8-14)15(2)3/h10-12H,4-9H2,1-3H3/t10-,11?,12+,14?/m1/s1. The third-order valence-corrected chi connectivity index (χ3v) is 5.24. The summed E-state index contributed by atoms with van der Waals surface area (Å²) in [4.78, 5) is 16.7. The first-order valence-electron chi connectivity index (χ1n) is 6.96. The molecule has 3 aliphatic rings. The molecule has 1 aliphatic heterocycles. The van der Waals surface area contributed by atoms with E-state index < -0.39 is 0 Å². The average Bonchev–Trinajstić information content (AvgIpc) is 2.79. The summed E-state index contributed by atoms with van der Waals surface area (Å²) in [6.07, 6.45) is 4.96. The molecule has 17 heavy (non-hydrogen) atoms. The lowest BCUT2D eigenvalue weighted by molar-refractivity contribution is -0.132. The number of likely N-dealkylation sites (tertiary alicyclic amines) is 1. The third-order valence-electron chi connectivity index (χ3n) is 5.24. The van der Waals surface area contributed by atoms with Crippen LogP contribution in [0.1, 0.15) is 32.6 Å². The fraction of sp³-hybridized carbons (Fsp3) is 0.929. The van der Waals surface area contributed by atoms with Gasteiger partial charge in [0, 0.05) is 25.0 Å². The summed E-state index contributed by atoms with van der Waals surface area (Å²) >= 11 is 0. The molecule has 0 unspecified atom stereocenters. The summed E-state index contributed by atoms with van der Waals surface area (Å²) in [6, 6.07) is 0.755. The quantitative estimate of drug-likeness (QED) is 0.727. The van der Waals surface area contributed by atoms with Crippen LogP contribution in [-0.4, -0.2) is 48.9 Å². The second kappa shape index (κ2) is 3.71. The largest absolute Gasteiger partial charge is 0.342 e. The van der Waals surface area contributed by atoms with Crippen molar-refractivity contribution in [2.45, 2.75) is 38.6 Å². The van der Waals surface area contributed by atoms with Crippen LogP contribution in [0.2, 0.25) is 0 Å². The molecule has 3 rings (SSSR count). The number of carbonyl (C=O) groups excluding carboxylic acids is 1. The van der Waals surface area contributed by atoms with E-state index >= 15 is 0 Å². The highest BCUT2D eigenvalue weighted by atomic mass is 16.2. The molecule has 3 nitrogen and oxygen atoms in total. The number of hydrogen-bond acceptors (Lipinski definition) is 2. The normalized spacial score (nSPS) is 44.2. The van der Waals surface area contributed by atoms with Crippen LogP contribution < -0.4 is 0 Å². The summed E-state index contributed by atoms with van der Waals surface area (Å²) in [5, 5.41) is 0. The Bertz CT molecular complexity index is 333. The van der Waals surface area contributed by atoms with Crippen molar-refractivity contribution >= 4 is 5.91 Å². The molecule has 1 saturated heterocycles. The summed E-state index contributed by atoms with van der Waals surface area (Å²) in [5.41, 5.74) is 0.489. The fourth-order valence-electron chi connectivity index (χ4n) is 3.66. The fourth-order valence-corrected chi connectivity index (χ4v) is 3.66. The van der Waals surface area contributed by atoms with Crippen LogP contribution in [0.3, 0.4) is 0 Å². The lowest BCUT2D eigenvalue weighted by Crippen LogP contribution is -2.50. The molecule has 96 valence electrons. The van der Waals surface area contributed by atoms with Gasteiger partial charge in [-0.05, 0) is 51.1 Å². The summed E-state index contributed by atoms with van der Waals surface area (Å²) in [5.74, 6) is 1.47. The topological polar surface area (TPSA) is 23.6 Å². The minimum absolute atomic E-state index is 0.370. The van der Waals surface area contributed by atoms with Crippen molar-refractivity contribution in [1.82, 2.24) is 9.80 Å². The maximum Gasteiger partial charge on any atom is 0.225 e. The lowest BCUT2D eigenvalue weighted by atomic mass is 9.64. The smallest absolute Gasteiger partial charge is 0.225 e. The Hall–Kier alpha value is -0.570. The number of amides is 1. The molecule has 2 atom stereocenters. The number of carbonyl (C=O) groups is 1. The van der Waals surface area contributed by atoms with Gasteiger partial charge in [-0.2, -0.15) is 0 Å². The number of nitrogens with zero attached hydrogens (tertiary/aromatic N) is 2. The van der Waals surface area contributed by atoms with Crippen molar-refractivity contribution in [2.24, 2.45) is 17.3 Å². The van der Waals surface area contributed by atoms with Gasteiger partial charge in [0.05, 0.1) is 0 Å². The van der Waals surface area contributed by atoms with E-state index in [0.717, 1.165) is 25.6 Å². The van der Waals surface area contributed by atoms with E-state index in [1.165, 1.54) is 19.3 Å². The van der Waals surface area contributed by atoms with Crippen LogP contribution >= 0.6 is 0 Å². The Morgan fingerprint density at radius 1 is 1.35 bits per heavy atom. The minimum atomic E-state index is 0.370. The molecule has 0 bridgehead atoms. The zero-order chi connectivity index (χ0) is 12.2. The number of rotatable bonds is 2. The van der Waals surface area contributed by atoms with E-state index in [1.807, 2.05) is 0 Å². The molecule has 0 aromatic carbocycles. The molecule has 2 aliphatic carbocycles. The van der Waals surface area contributed by atoms with Crippen LogP contribution in [0, 0.1) is 17.3 Å². The van der Waals surface area contributed by atoms with E-state index in [9.17, 15) is 4.79 Å². The number of hydrogen-bond donors (Lipinski definition) is 0. The minimum Gasteiger partial charge on any atom is -0.342 e. The Morgan fingerprint density at radius 2 is 2.00 bits per heavy atom. The van der Waals surface area contributed by atoms with Crippen molar-refractivity contribution in [2.75, 3.05) is 27.2 Å². The van der Waals surface area contributed by atoms with Crippen LogP contribution in [0.15, 0.2) is 0 Å². The molecule has 0 aromatic heterocycles. The van der Waals surface area contributed by atoms with Crippen molar-refractivity contribution in [3.8, 4) is 0 Å². The first-order valence-corrected chi connectivity index (χ1v) is 6.96. The average molecular weight is 236 g/mol. The van der Waals surface area contributed by atoms with Gasteiger partial charge in [0.25, 0.3) is 0 Å². The van der Waals surface area contributed by atoms with Crippen molar-refractivity contribution in [1.29, 1.82) is 0 Å². The van der Waals surface area contributed by atoms with Crippen LogP contribution in [0.5, 0.6) is 0 Å². The molecule has 2 saturated carbocycles. The molecular weight excluding hydrogens is 212 g/mol. The van der Waals surface area contributed by atoms with Gasteiger partial charge >= 0.3 is 0 Å². The predicted molar refractivity (Wildman–Crippen MR) is 67.6 cm³/mol. The highest BCUT2D eigenvalue weighted by Crippen LogP contribution is 2.51. The van der Waals surface area contributed by atoms with Gasteiger partial charge in [-0.1, -0.05) is 6.92 Å². The van der Waals surface area contributed by atoms with E-state index in [1.54, 1.807) is 0 Å². The van der Waals surface area contributed by atoms with E-state index in [0.29, 0.717) is 23.2 Å². The van der Waals surface area contributed by atoms with Crippen LogP contribution in [0.25, 0.3) is 0 Å². The van der Waals surface area contributed by atoms with Gasteiger partial charge in [-0.3, -0.25) is 4.79 Å². The van der Waals surface area contributed by atoms with Gasteiger partial charge < -0.3 is 9.80 Å². The van der Waals surface area contributed by atoms with E-state index in [-0.39, 0.29) is 0 Å². The van der Waals surface area contributed by atoms with Gasteiger partial charge in [-0.25, -0.2) is 0 Å². The van der Waals surface area contributed by atoms with Crippen LogP contribution in [0.4, 0.5) is 0 Å². The zero-order valence-corrected chi connectivity index (χ0v) is 11.3. The molecule has 0 N–H and O–H groups in total. The Kier molecular flexibility index (Phi) is 2.51. The zero-order valence-electron chi connectivity index (χ0n) is 11.3. The maximum atomic E-state index is 12.2. The highest BCUT2D eigenvalue weighted by Gasteiger charge is 2.52. The summed E-state index contributed by atoms with van der Waals surface area (Å²) in [7, 11) is 4.34. The molecular formula is C14H24N2O. The summed E-state index contributed by atoms with van der Waals surface area (Å²) < 4.78 is 0. The van der Waals surface area contributed by atoms with E-state index in [2.05, 4.69) is 30.8 Å². The van der Waals surface area contributed by atoms with E-state index in [4.69, 9.17) is 0 Å². The first-order chi connectivity index (χ1) is 8.01. The highest BCUT2D eigenvalue weighted by molar-refractivity contribution is 5.82. The molecule has 0 aromatic rings. The molecule has 3 fully saturated rings. The van der Waals surface area contributed by atoms with Crippen LogP contribution in [-0.2, 0) is 4.79 Å². The monoisotopic (exact) mass is 236 g/mol. The molecule has 0 radical (unpaired) electrons. The Morgan fingerprint density at radius 3 is 2.53 bits per heavy atom. The Labute approximate surface area is 104 Å². The lowest BCUT2D eigenvalue weighted by Gasteiger charge is -2.48. The SMILES string of the molecule is C[C@@H]1C[C@@H]1C(=O)N1CCC2(CC(N(C)C)C2)C1. The van der Waals surface area contributed by atoms with Crippen molar-refractivity contribution in [3.05, 3.63) is 0 Å². The molecule has 1 spiro atoms. The first kappa shape index (κ1) is 11.5. The van der Waals surface area contributed by atoms with Gasteiger partial charge in [0.2, 0.25) is 5.91 Å². The second-order valence-corrected chi connectivity index (χ2v) is 6.85. The second-order valence-electron chi connectivity index (χ2n) is 6.85. The van der Waals surface area contributed by atoms with Gasteiger partial charge in [0.1, 0.15) is 0 Å².